The third-order valence-corrected chi connectivity index (χ3v) is 2.02. The monoisotopic (exact) mass is 191 g/mol. The minimum absolute atomic E-state index is 0.00111. The Balaban J connectivity index is 3.01. The molecule has 1 aromatic heterocycles. The fourth-order valence-corrected chi connectivity index (χ4v) is 1.36. The lowest BCUT2D eigenvalue weighted by Gasteiger charge is -2.13. The zero-order chi connectivity index (χ0) is 10.6. The average molecular weight is 191 g/mol. The van der Waals surface area contributed by atoms with E-state index in [1.807, 2.05) is 32.9 Å². The molecule has 0 aromatic carbocycles. The summed E-state index contributed by atoms with van der Waals surface area (Å²) in [6.45, 7) is 6.12. The highest BCUT2D eigenvalue weighted by Gasteiger charge is 2.09. The van der Waals surface area contributed by atoms with E-state index in [0.717, 1.165) is 11.3 Å². The number of aryl methyl sites for hydroxylation is 1. The van der Waals surface area contributed by atoms with Gasteiger partial charge in [-0.2, -0.15) is 0 Å². The average Bonchev–Trinajstić information content (AvgIpc) is 2.15. The Labute approximate surface area is 85.0 Å². The topological polar surface area (TPSA) is 50.9 Å². The van der Waals surface area contributed by atoms with Crippen LogP contribution in [0.2, 0.25) is 0 Å². The lowest BCUT2D eigenvalue weighted by Crippen LogP contribution is -2.28. The molecular weight excluding hydrogens is 174 g/mol. The van der Waals surface area contributed by atoms with Gasteiger partial charge in [-0.05, 0) is 32.4 Å². The number of hydrogen-bond donors (Lipinski definition) is 2. The van der Waals surface area contributed by atoms with Crippen molar-refractivity contribution >= 4 is 0 Å². The zero-order valence-corrected chi connectivity index (χ0v) is 8.91. The normalized spacial score (nSPS) is 12.3. The van der Waals surface area contributed by atoms with Crippen LogP contribution in [0.1, 0.15) is 31.1 Å². The number of hydrogen-bond acceptors (Lipinski definition) is 3. The third kappa shape index (κ3) is 2.65. The van der Waals surface area contributed by atoms with Gasteiger partial charge >= 0.3 is 0 Å². The SMILES string of the molecule is CC(C)=CC(NN)c1ncccc1C. The maximum atomic E-state index is 5.49. The number of rotatable bonds is 3. The molecule has 1 rings (SSSR count). The summed E-state index contributed by atoms with van der Waals surface area (Å²) in [5.74, 6) is 5.49. The number of nitrogens with zero attached hydrogens (tertiary/aromatic N) is 1. The van der Waals surface area contributed by atoms with Gasteiger partial charge in [0.25, 0.3) is 0 Å². The van der Waals surface area contributed by atoms with Gasteiger partial charge in [0, 0.05) is 6.20 Å². The number of nitrogens with one attached hydrogen (secondary N) is 1. The molecule has 0 saturated carbocycles. The van der Waals surface area contributed by atoms with Crippen molar-refractivity contribution in [3.8, 4) is 0 Å². The Hall–Kier alpha value is -1.19. The van der Waals surface area contributed by atoms with Crippen LogP contribution in [0.25, 0.3) is 0 Å². The van der Waals surface area contributed by atoms with E-state index in [9.17, 15) is 0 Å². The van der Waals surface area contributed by atoms with E-state index in [4.69, 9.17) is 5.84 Å². The molecular formula is C11H17N3. The first kappa shape index (κ1) is 10.9. The largest absolute Gasteiger partial charge is 0.271 e. The van der Waals surface area contributed by atoms with Crippen LogP contribution >= 0.6 is 0 Å². The molecule has 3 nitrogen and oxygen atoms in total. The third-order valence-electron chi connectivity index (χ3n) is 2.02. The first-order valence-electron chi connectivity index (χ1n) is 4.68. The summed E-state index contributed by atoms with van der Waals surface area (Å²) in [5, 5.41) is 0. The van der Waals surface area contributed by atoms with Crippen molar-refractivity contribution in [1.82, 2.24) is 10.4 Å². The summed E-state index contributed by atoms with van der Waals surface area (Å²) in [6, 6.07) is 3.96. The number of nitrogens with two attached hydrogens (primary N) is 1. The fourth-order valence-electron chi connectivity index (χ4n) is 1.36. The van der Waals surface area contributed by atoms with E-state index >= 15 is 0 Å². The van der Waals surface area contributed by atoms with Crippen LogP contribution in [0.4, 0.5) is 0 Å². The van der Waals surface area contributed by atoms with Crippen molar-refractivity contribution in [2.45, 2.75) is 26.8 Å². The lowest BCUT2D eigenvalue weighted by atomic mass is 10.1. The van der Waals surface area contributed by atoms with Crippen LogP contribution in [0.3, 0.4) is 0 Å². The Bertz CT molecular complexity index is 327. The predicted molar refractivity (Wildman–Crippen MR) is 58.5 cm³/mol. The molecule has 1 atom stereocenters. The van der Waals surface area contributed by atoms with Gasteiger partial charge in [-0.3, -0.25) is 10.8 Å². The molecule has 76 valence electrons. The van der Waals surface area contributed by atoms with Gasteiger partial charge < -0.3 is 0 Å². The van der Waals surface area contributed by atoms with E-state index in [-0.39, 0.29) is 6.04 Å². The Morgan fingerprint density at radius 3 is 2.79 bits per heavy atom. The molecule has 1 heterocycles. The van der Waals surface area contributed by atoms with Crippen molar-refractivity contribution in [2.24, 2.45) is 5.84 Å². The fraction of sp³-hybridized carbons (Fsp3) is 0.364. The summed E-state index contributed by atoms with van der Waals surface area (Å²) in [6.07, 6.45) is 3.85. The quantitative estimate of drug-likeness (QED) is 0.435. The molecule has 0 amide bonds. The van der Waals surface area contributed by atoms with Crippen molar-refractivity contribution < 1.29 is 0 Å². The summed E-state index contributed by atoms with van der Waals surface area (Å²) in [5.41, 5.74) is 6.10. The van der Waals surface area contributed by atoms with Crippen molar-refractivity contribution in [1.29, 1.82) is 0 Å². The Morgan fingerprint density at radius 2 is 2.29 bits per heavy atom. The number of allylic oxidation sites excluding steroid dienone is 1. The van der Waals surface area contributed by atoms with E-state index in [2.05, 4.69) is 16.5 Å². The van der Waals surface area contributed by atoms with Gasteiger partial charge in [-0.15, -0.1) is 0 Å². The molecule has 0 bridgehead atoms. The van der Waals surface area contributed by atoms with E-state index in [1.54, 1.807) is 6.20 Å². The minimum Gasteiger partial charge on any atom is -0.271 e. The number of pyridine rings is 1. The molecule has 1 unspecified atom stereocenters. The van der Waals surface area contributed by atoms with Gasteiger partial charge in [0.2, 0.25) is 0 Å². The van der Waals surface area contributed by atoms with Crippen LogP contribution < -0.4 is 11.3 Å². The van der Waals surface area contributed by atoms with Gasteiger partial charge in [0.15, 0.2) is 0 Å². The summed E-state index contributed by atoms with van der Waals surface area (Å²) in [4.78, 5) is 4.32. The highest BCUT2D eigenvalue weighted by atomic mass is 15.2. The van der Waals surface area contributed by atoms with Crippen molar-refractivity contribution in [2.75, 3.05) is 0 Å². The zero-order valence-electron chi connectivity index (χ0n) is 8.91. The molecule has 0 aliphatic rings. The van der Waals surface area contributed by atoms with Crippen molar-refractivity contribution in [3.05, 3.63) is 41.2 Å². The second kappa shape index (κ2) is 4.88. The second-order valence-corrected chi connectivity index (χ2v) is 3.59. The maximum absolute atomic E-state index is 5.49. The highest BCUT2D eigenvalue weighted by Crippen LogP contribution is 2.16. The van der Waals surface area contributed by atoms with Crippen LogP contribution in [0.5, 0.6) is 0 Å². The first-order chi connectivity index (χ1) is 6.65. The van der Waals surface area contributed by atoms with Crippen LogP contribution in [-0.2, 0) is 0 Å². The summed E-state index contributed by atoms with van der Waals surface area (Å²) < 4.78 is 0. The van der Waals surface area contributed by atoms with E-state index in [0.29, 0.717) is 0 Å². The molecule has 0 spiro atoms. The van der Waals surface area contributed by atoms with Crippen LogP contribution in [0.15, 0.2) is 30.0 Å². The smallest absolute Gasteiger partial charge is 0.0817 e. The molecule has 3 heteroatoms. The van der Waals surface area contributed by atoms with Gasteiger partial charge in [0.1, 0.15) is 0 Å². The molecule has 14 heavy (non-hydrogen) atoms. The molecule has 0 saturated heterocycles. The molecule has 0 aliphatic carbocycles. The maximum Gasteiger partial charge on any atom is 0.0817 e. The first-order valence-corrected chi connectivity index (χ1v) is 4.68. The Morgan fingerprint density at radius 1 is 1.57 bits per heavy atom. The number of hydrazine groups is 1. The highest BCUT2D eigenvalue weighted by molar-refractivity contribution is 5.25. The molecule has 0 aliphatic heterocycles. The summed E-state index contributed by atoms with van der Waals surface area (Å²) in [7, 11) is 0. The Kier molecular flexibility index (Phi) is 3.80. The molecule has 3 N–H and O–H groups in total. The minimum atomic E-state index is 0.00111. The van der Waals surface area contributed by atoms with Crippen LogP contribution in [-0.4, -0.2) is 4.98 Å². The van der Waals surface area contributed by atoms with Gasteiger partial charge in [-0.1, -0.05) is 17.7 Å². The van der Waals surface area contributed by atoms with Gasteiger partial charge in [0.05, 0.1) is 11.7 Å². The lowest BCUT2D eigenvalue weighted by molar-refractivity contribution is 0.631. The molecule has 0 radical (unpaired) electrons. The predicted octanol–water partition coefficient (Wildman–Crippen LogP) is 1.86. The van der Waals surface area contributed by atoms with E-state index < -0.39 is 0 Å². The molecule has 1 aromatic rings. The standard InChI is InChI=1S/C11H17N3/c1-8(2)7-10(14-12)11-9(3)5-4-6-13-11/h4-7,10,14H,12H2,1-3H3. The number of aromatic nitrogens is 1. The van der Waals surface area contributed by atoms with Gasteiger partial charge in [-0.25, -0.2) is 5.43 Å². The molecule has 0 fully saturated rings. The second-order valence-electron chi connectivity index (χ2n) is 3.59. The van der Waals surface area contributed by atoms with E-state index in [1.165, 1.54) is 5.57 Å². The van der Waals surface area contributed by atoms with Crippen molar-refractivity contribution in [3.63, 3.8) is 0 Å². The van der Waals surface area contributed by atoms with Crippen LogP contribution in [0, 0.1) is 6.92 Å². The summed E-state index contributed by atoms with van der Waals surface area (Å²) >= 11 is 0.